The number of hydrogen-bond donors (Lipinski definition) is 1. The van der Waals surface area contributed by atoms with Gasteiger partial charge >= 0.3 is 0 Å². The fourth-order valence-electron chi connectivity index (χ4n) is 0.917. The summed E-state index contributed by atoms with van der Waals surface area (Å²) in [6.07, 6.45) is 9.03. The van der Waals surface area contributed by atoms with E-state index in [4.69, 9.17) is 4.74 Å². The molecule has 0 saturated heterocycles. The van der Waals surface area contributed by atoms with E-state index in [2.05, 4.69) is 12.6 Å². The van der Waals surface area contributed by atoms with E-state index in [0.717, 1.165) is 19.0 Å². The average Bonchev–Trinajstić information content (AvgIpc) is 2.10. The Balaban J connectivity index is 2.81. The second kappa shape index (κ2) is 11.1. The van der Waals surface area contributed by atoms with E-state index in [1.807, 2.05) is 19.1 Å². The predicted molar refractivity (Wildman–Crippen MR) is 58.0 cm³/mol. The maximum atomic E-state index is 5.35. The van der Waals surface area contributed by atoms with Crippen molar-refractivity contribution in [2.75, 3.05) is 19.0 Å². The summed E-state index contributed by atoms with van der Waals surface area (Å²) in [5, 5.41) is 0. The first-order valence-electron chi connectivity index (χ1n) is 4.71. The third kappa shape index (κ3) is 10.0. The van der Waals surface area contributed by atoms with Gasteiger partial charge in [-0.2, -0.15) is 12.6 Å². The lowest BCUT2D eigenvalue weighted by molar-refractivity contribution is 0.157. The van der Waals surface area contributed by atoms with Crippen LogP contribution < -0.4 is 0 Å². The standard InChI is InChI=1S/C10H20OS/c1-2-3-8-11-9-6-4-5-7-10-12/h2-3,12H,4-10H2,1H3. The molecule has 0 fully saturated rings. The molecule has 2 heteroatoms. The molecule has 0 amide bonds. The monoisotopic (exact) mass is 188 g/mol. The van der Waals surface area contributed by atoms with Crippen molar-refractivity contribution in [3.63, 3.8) is 0 Å². The number of ether oxygens (including phenoxy) is 1. The van der Waals surface area contributed by atoms with Crippen molar-refractivity contribution in [1.29, 1.82) is 0 Å². The van der Waals surface area contributed by atoms with Crippen molar-refractivity contribution in [1.82, 2.24) is 0 Å². The molecule has 0 aliphatic carbocycles. The Kier molecular flexibility index (Phi) is 11.1. The van der Waals surface area contributed by atoms with Crippen LogP contribution in [0.4, 0.5) is 0 Å². The Hall–Kier alpha value is 0.0500. The van der Waals surface area contributed by atoms with Crippen LogP contribution in [-0.2, 0) is 4.74 Å². The van der Waals surface area contributed by atoms with Gasteiger partial charge in [0, 0.05) is 6.61 Å². The summed E-state index contributed by atoms with van der Waals surface area (Å²) in [6, 6.07) is 0. The molecule has 0 N–H and O–H groups in total. The largest absolute Gasteiger partial charge is 0.377 e. The highest BCUT2D eigenvalue weighted by atomic mass is 32.1. The second-order valence-corrected chi connectivity index (χ2v) is 3.23. The van der Waals surface area contributed by atoms with Crippen LogP contribution in [0, 0.1) is 0 Å². The second-order valence-electron chi connectivity index (χ2n) is 2.78. The minimum absolute atomic E-state index is 0.767. The van der Waals surface area contributed by atoms with E-state index in [0.29, 0.717) is 0 Å². The fourth-order valence-corrected chi connectivity index (χ4v) is 1.14. The molecule has 0 heterocycles. The molecule has 0 aromatic heterocycles. The number of rotatable bonds is 8. The van der Waals surface area contributed by atoms with Gasteiger partial charge in [0.1, 0.15) is 0 Å². The van der Waals surface area contributed by atoms with E-state index in [-0.39, 0.29) is 0 Å². The van der Waals surface area contributed by atoms with Crippen LogP contribution in [0.1, 0.15) is 32.6 Å². The molecule has 0 aliphatic heterocycles. The molecule has 0 saturated carbocycles. The Morgan fingerprint density at radius 1 is 1.17 bits per heavy atom. The van der Waals surface area contributed by atoms with Gasteiger partial charge in [-0.25, -0.2) is 0 Å². The van der Waals surface area contributed by atoms with E-state index < -0.39 is 0 Å². The predicted octanol–water partition coefficient (Wildman–Crippen LogP) is 3.07. The van der Waals surface area contributed by atoms with Crippen LogP contribution in [0.15, 0.2) is 12.2 Å². The molecular weight excluding hydrogens is 168 g/mol. The van der Waals surface area contributed by atoms with Crippen LogP contribution >= 0.6 is 12.6 Å². The molecule has 0 spiro atoms. The molecule has 0 aromatic carbocycles. The van der Waals surface area contributed by atoms with Crippen LogP contribution in [0.5, 0.6) is 0 Å². The Morgan fingerprint density at radius 3 is 2.58 bits per heavy atom. The van der Waals surface area contributed by atoms with E-state index in [1.165, 1.54) is 25.7 Å². The van der Waals surface area contributed by atoms with Gasteiger partial charge < -0.3 is 4.74 Å². The minimum Gasteiger partial charge on any atom is -0.377 e. The van der Waals surface area contributed by atoms with Crippen LogP contribution in [0.2, 0.25) is 0 Å². The molecule has 72 valence electrons. The first-order chi connectivity index (χ1) is 5.91. The van der Waals surface area contributed by atoms with Gasteiger partial charge in [-0.3, -0.25) is 0 Å². The van der Waals surface area contributed by atoms with Gasteiger partial charge in [-0.1, -0.05) is 25.0 Å². The Morgan fingerprint density at radius 2 is 1.92 bits per heavy atom. The lowest BCUT2D eigenvalue weighted by Gasteiger charge is -2.00. The Bertz CT molecular complexity index is 102. The van der Waals surface area contributed by atoms with E-state index in [1.54, 1.807) is 0 Å². The smallest absolute Gasteiger partial charge is 0.0647 e. The molecule has 0 radical (unpaired) electrons. The minimum atomic E-state index is 0.767. The average molecular weight is 188 g/mol. The number of unbranched alkanes of at least 4 members (excludes halogenated alkanes) is 3. The lowest BCUT2D eigenvalue weighted by atomic mass is 10.2. The van der Waals surface area contributed by atoms with Gasteiger partial charge in [0.15, 0.2) is 0 Å². The van der Waals surface area contributed by atoms with Gasteiger partial charge in [0.05, 0.1) is 6.61 Å². The third-order valence-corrected chi connectivity index (χ3v) is 1.96. The first kappa shape index (κ1) is 12.0. The SMILES string of the molecule is CC=CCOCCCCCCS. The van der Waals surface area contributed by atoms with Crippen molar-refractivity contribution in [2.45, 2.75) is 32.6 Å². The zero-order chi connectivity index (χ0) is 9.07. The quantitative estimate of drug-likeness (QED) is 0.350. The van der Waals surface area contributed by atoms with Crippen molar-refractivity contribution < 1.29 is 4.74 Å². The topological polar surface area (TPSA) is 9.23 Å². The van der Waals surface area contributed by atoms with Gasteiger partial charge in [-0.15, -0.1) is 0 Å². The number of thiol groups is 1. The van der Waals surface area contributed by atoms with Crippen molar-refractivity contribution >= 4 is 12.6 Å². The fraction of sp³-hybridized carbons (Fsp3) is 0.800. The zero-order valence-corrected chi connectivity index (χ0v) is 8.85. The highest BCUT2D eigenvalue weighted by molar-refractivity contribution is 7.80. The first-order valence-corrected chi connectivity index (χ1v) is 5.34. The van der Waals surface area contributed by atoms with Crippen LogP contribution in [0.25, 0.3) is 0 Å². The van der Waals surface area contributed by atoms with Crippen molar-refractivity contribution in [3.8, 4) is 0 Å². The molecule has 0 aliphatic rings. The molecule has 12 heavy (non-hydrogen) atoms. The summed E-state index contributed by atoms with van der Waals surface area (Å²) in [6.45, 7) is 3.68. The van der Waals surface area contributed by atoms with Crippen molar-refractivity contribution in [3.05, 3.63) is 12.2 Å². The van der Waals surface area contributed by atoms with Gasteiger partial charge in [-0.05, 0) is 25.5 Å². The summed E-state index contributed by atoms with van der Waals surface area (Å²) in [5.41, 5.74) is 0. The molecular formula is C10H20OS. The highest BCUT2D eigenvalue weighted by Gasteiger charge is 1.88. The summed E-state index contributed by atoms with van der Waals surface area (Å²) in [4.78, 5) is 0. The summed E-state index contributed by atoms with van der Waals surface area (Å²) < 4.78 is 5.35. The summed E-state index contributed by atoms with van der Waals surface area (Å²) >= 11 is 4.15. The van der Waals surface area contributed by atoms with Crippen LogP contribution in [-0.4, -0.2) is 19.0 Å². The van der Waals surface area contributed by atoms with Crippen molar-refractivity contribution in [2.24, 2.45) is 0 Å². The zero-order valence-electron chi connectivity index (χ0n) is 7.96. The molecule has 1 nitrogen and oxygen atoms in total. The summed E-state index contributed by atoms with van der Waals surface area (Å²) in [7, 11) is 0. The molecule has 0 bridgehead atoms. The van der Waals surface area contributed by atoms with Crippen LogP contribution in [0.3, 0.4) is 0 Å². The normalized spacial score (nSPS) is 11.2. The Labute approximate surface area is 81.6 Å². The molecule has 0 atom stereocenters. The number of allylic oxidation sites excluding steroid dienone is 1. The highest BCUT2D eigenvalue weighted by Crippen LogP contribution is 2.00. The van der Waals surface area contributed by atoms with E-state index in [9.17, 15) is 0 Å². The lowest BCUT2D eigenvalue weighted by Crippen LogP contribution is -1.94. The summed E-state index contributed by atoms with van der Waals surface area (Å²) in [5.74, 6) is 1.01. The third-order valence-electron chi connectivity index (χ3n) is 1.65. The molecule has 0 aromatic rings. The maximum absolute atomic E-state index is 5.35. The molecule has 0 unspecified atom stereocenters. The molecule has 0 rings (SSSR count). The van der Waals surface area contributed by atoms with Gasteiger partial charge in [0.2, 0.25) is 0 Å². The van der Waals surface area contributed by atoms with Gasteiger partial charge in [0.25, 0.3) is 0 Å². The van der Waals surface area contributed by atoms with E-state index >= 15 is 0 Å². The number of hydrogen-bond acceptors (Lipinski definition) is 2. The maximum Gasteiger partial charge on any atom is 0.0647 e.